The molecule has 0 fully saturated rings. The molecule has 1 heterocycles. The Balaban J connectivity index is 2.18. The van der Waals surface area contributed by atoms with Gasteiger partial charge in [-0.3, -0.25) is 0 Å². The maximum Gasteiger partial charge on any atom is 0.194 e. The normalized spacial score (nSPS) is 10.6. The first kappa shape index (κ1) is 10.8. The van der Waals surface area contributed by atoms with Crippen LogP contribution in [0.3, 0.4) is 0 Å². The first-order valence-electron chi connectivity index (χ1n) is 5.20. The fourth-order valence-electron chi connectivity index (χ4n) is 1.46. The third-order valence-electron chi connectivity index (χ3n) is 2.27. The van der Waals surface area contributed by atoms with Crippen molar-refractivity contribution in [2.75, 3.05) is 6.54 Å². The number of rotatable bonds is 4. The molecule has 0 saturated heterocycles. The summed E-state index contributed by atoms with van der Waals surface area (Å²) in [5.41, 5.74) is 6.78. The molecule has 2 N–H and O–H groups in total. The first-order chi connectivity index (χ1) is 7.79. The topological polar surface area (TPSA) is 52.0 Å². The summed E-state index contributed by atoms with van der Waals surface area (Å²) >= 11 is 0. The summed E-state index contributed by atoms with van der Waals surface area (Å²) in [6.07, 6.45) is 3.09. The van der Waals surface area contributed by atoms with Crippen molar-refractivity contribution in [1.29, 1.82) is 0 Å². The molecule has 84 valence electrons. The molecule has 0 amide bonds. The molecule has 16 heavy (non-hydrogen) atoms. The van der Waals surface area contributed by atoms with Crippen LogP contribution >= 0.6 is 0 Å². The highest BCUT2D eigenvalue weighted by molar-refractivity contribution is 5.57. The van der Waals surface area contributed by atoms with Gasteiger partial charge in [-0.1, -0.05) is 12.1 Å². The average Bonchev–Trinajstić information content (AvgIpc) is 2.75. The SMILES string of the molecule is NCCCc1nc(-c2cccc(F)c2)co1. The highest BCUT2D eigenvalue weighted by Gasteiger charge is 2.06. The van der Waals surface area contributed by atoms with Crippen molar-refractivity contribution in [3.8, 4) is 11.3 Å². The predicted molar refractivity (Wildman–Crippen MR) is 59.3 cm³/mol. The van der Waals surface area contributed by atoms with Gasteiger partial charge in [-0.15, -0.1) is 0 Å². The van der Waals surface area contributed by atoms with E-state index in [1.165, 1.54) is 12.1 Å². The molecule has 4 heteroatoms. The maximum absolute atomic E-state index is 13.0. The van der Waals surface area contributed by atoms with Gasteiger partial charge < -0.3 is 10.2 Å². The van der Waals surface area contributed by atoms with E-state index in [1.54, 1.807) is 18.4 Å². The molecule has 0 aliphatic heterocycles. The summed E-state index contributed by atoms with van der Waals surface area (Å²) in [4.78, 5) is 4.27. The standard InChI is InChI=1S/C12H13FN2O/c13-10-4-1-3-9(7-10)11-8-16-12(15-11)5-2-6-14/h1,3-4,7-8H,2,5-6,14H2. The van der Waals surface area contributed by atoms with Crippen molar-refractivity contribution in [1.82, 2.24) is 4.98 Å². The zero-order valence-corrected chi connectivity index (χ0v) is 8.82. The third-order valence-corrected chi connectivity index (χ3v) is 2.27. The van der Waals surface area contributed by atoms with Crippen LogP contribution in [0.2, 0.25) is 0 Å². The molecule has 0 bridgehead atoms. The zero-order chi connectivity index (χ0) is 11.4. The summed E-state index contributed by atoms with van der Waals surface area (Å²) in [6.45, 7) is 0.609. The Morgan fingerprint density at radius 1 is 1.38 bits per heavy atom. The first-order valence-corrected chi connectivity index (χ1v) is 5.20. The second-order valence-electron chi connectivity index (χ2n) is 3.53. The summed E-state index contributed by atoms with van der Waals surface area (Å²) in [6, 6.07) is 6.29. The van der Waals surface area contributed by atoms with Crippen molar-refractivity contribution < 1.29 is 8.81 Å². The number of halogens is 1. The Kier molecular flexibility index (Phi) is 3.31. The summed E-state index contributed by atoms with van der Waals surface area (Å²) < 4.78 is 18.3. The molecule has 1 aromatic heterocycles. The van der Waals surface area contributed by atoms with E-state index >= 15 is 0 Å². The van der Waals surface area contributed by atoms with Crippen molar-refractivity contribution in [3.05, 3.63) is 42.2 Å². The minimum absolute atomic E-state index is 0.274. The van der Waals surface area contributed by atoms with Crippen LogP contribution in [-0.4, -0.2) is 11.5 Å². The number of nitrogens with two attached hydrogens (primary N) is 1. The molecule has 0 saturated carbocycles. The number of hydrogen-bond donors (Lipinski definition) is 1. The average molecular weight is 220 g/mol. The van der Waals surface area contributed by atoms with Crippen LogP contribution in [0.5, 0.6) is 0 Å². The number of benzene rings is 1. The maximum atomic E-state index is 13.0. The Hall–Kier alpha value is -1.68. The number of aromatic nitrogens is 1. The Morgan fingerprint density at radius 3 is 3.00 bits per heavy atom. The largest absolute Gasteiger partial charge is 0.448 e. The van der Waals surface area contributed by atoms with E-state index in [2.05, 4.69) is 4.98 Å². The lowest BCUT2D eigenvalue weighted by Crippen LogP contribution is -2.00. The molecule has 0 aliphatic rings. The highest BCUT2D eigenvalue weighted by atomic mass is 19.1. The number of aryl methyl sites for hydroxylation is 1. The molecule has 2 aromatic rings. The second-order valence-corrected chi connectivity index (χ2v) is 3.53. The van der Waals surface area contributed by atoms with Gasteiger partial charge >= 0.3 is 0 Å². The summed E-state index contributed by atoms with van der Waals surface area (Å²) in [5.74, 6) is 0.369. The lowest BCUT2D eigenvalue weighted by atomic mass is 10.2. The van der Waals surface area contributed by atoms with Gasteiger partial charge in [-0.05, 0) is 25.1 Å². The van der Waals surface area contributed by atoms with E-state index in [4.69, 9.17) is 10.2 Å². The van der Waals surface area contributed by atoms with Gasteiger partial charge in [0.1, 0.15) is 17.8 Å². The molecule has 0 radical (unpaired) electrons. The summed E-state index contributed by atoms with van der Waals surface area (Å²) in [7, 11) is 0. The van der Waals surface area contributed by atoms with Gasteiger partial charge in [0.05, 0.1) is 0 Å². The van der Waals surface area contributed by atoms with Crippen LogP contribution in [-0.2, 0) is 6.42 Å². The molecule has 0 spiro atoms. The second kappa shape index (κ2) is 4.90. The fraction of sp³-hybridized carbons (Fsp3) is 0.250. The van der Waals surface area contributed by atoms with Gasteiger partial charge in [-0.25, -0.2) is 9.37 Å². The van der Waals surface area contributed by atoms with Crippen molar-refractivity contribution >= 4 is 0 Å². The molecular formula is C12H13FN2O. The van der Waals surface area contributed by atoms with E-state index in [1.807, 2.05) is 0 Å². The molecule has 2 rings (SSSR count). The quantitative estimate of drug-likeness (QED) is 0.860. The number of hydrogen-bond acceptors (Lipinski definition) is 3. The smallest absolute Gasteiger partial charge is 0.194 e. The minimum atomic E-state index is -0.274. The van der Waals surface area contributed by atoms with Crippen LogP contribution in [0, 0.1) is 5.82 Å². The van der Waals surface area contributed by atoms with E-state index < -0.39 is 0 Å². The molecule has 1 aromatic carbocycles. The lowest BCUT2D eigenvalue weighted by Gasteiger charge is -1.94. The monoisotopic (exact) mass is 220 g/mol. The van der Waals surface area contributed by atoms with Crippen molar-refractivity contribution in [2.45, 2.75) is 12.8 Å². The van der Waals surface area contributed by atoms with Crippen LogP contribution < -0.4 is 5.73 Å². The molecule has 3 nitrogen and oxygen atoms in total. The number of oxazole rings is 1. The Labute approximate surface area is 93.1 Å². The Bertz CT molecular complexity index is 468. The zero-order valence-electron chi connectivity index (χ0n) is 8.82. The molecule has 0 aliphatic carbocycles. The van der Waals surface area contributed by atoms with Gasteiger partial charge in [0.15, 0.2) is 5.89 Å². The summed E-state index contributed by atoms with van der Waals surface area (Å²) in [5, 5.41) is 0. The van der Waals surface area contributed by atoms with Crippen LogP contribution in [0.15, 0.2) is 34.9 Å². The van der Waals surface area contributed by atoms with E-state index in [-0.39, 0.29) is 5.82 Å². The van der Waals surface area contributed by atoms with E-state index in [0.29, 0.717) is 24.6 Å². The molecule has 0 atom stereocenters. The van der Waals surface area contributed by atoms with E-state index in [0.717, 1.165) is 12.0 Å². The fourth-order valence-corrected chi connectivity index (χ4v) is 1.46. The lowest BCUT2D eigenvalue weighted by molar-refractivity contribution is 0.488. The van der Waals surface area contributed by atoms with Crippen LogP contribution in [0.1, 0.15) is 12.3 Å². The number of nitrogens with zero attached hydrogens (tertiary/aromatic N) is 1. The van der Waals surface area contributed by atoms with Crippen molar-refractivity contribution in [3.63, 3.8) is 0 Å². The van der Waals surface area contributed by atoms with Gasteiger partial charge in [0.25, 0.3) is 0 Å². The van der Waals surface area contributed by atoms with Gasteiger partial charge in [0, 0.05) is 12.0 Å². The highest BCUT2D eigenvalue weighted by Crippen LogP contribution is 2.19. The predicted octanol–water partition coefficient (Wildman–Crippen LogP) is 2.37. The molecular weight excluding hydrogens is 207 g/mol. The van der Waals surface area contributed by atoms with E-state index in [9.17, 15) is 4.39 Å². The van der Waals surface area contributed by atoms with Crippen LogP contribution in [0.25, 0.3) is 11.3 Å². The third kappa shape index (κ3) is 2.46. The molecule has 0 unspecified atom stereocenters. The van der Waals surface area contributed by atoms with Gasteiger partial charge in [0.2, 0.25) is 0 Å². The minimum Gasteiger partial charge on any atom is -0.448 e. The van der Waals surface area contributed by atoms with Crippen molar-refractivity contribution in [2.24, 2.45) is 5.73 Å². The van der Waals surface area contributed by atoms with Crippen LogP contribution in [0.4, 0.5) is 4.39 Å². The van der Waals surface area contributed by atoms with Gasteiger partial charge in [-0.2, -0.15) is 0 Å². The Morgan fingerprint density at radius 2 is 2.25 bits per heavy atom.